The predicted molar refractivity (Wildman–Crippen MR) is 118 cm³/mol. The van der Waals surface area contributed by atoms with Crippen LogP contribution in [0.3, 0.4) is 0 Å². The van der Waals surface area contributed by atoms with E-state index in [1.807, 2.05) is 30.7 Å². The zero-order valence-electron chi connectivity index (χ0n) is 15.4. The van der Waals surface area contributed by atoms with E-state index in [1.165, 1.54) is 4.88 Å². The van der Waals surface area contributed by atoms with E-state index >= 15 is 0 Å². The smallest absolute Gasteiger partial charge is 0.193 e. The molecule has 0 unspecified atom stereocenters. The number of nitrogens with one attached hydrogen (secondary N) is 1. The van der Waals surface area contributed by atoms with Gasteiger partial charge in [0.05, 0.1) is 0 Å². The Morgan fingerprint density at radius 1 is 1.40 bits per heavy atom. The predicted octanol–water partition coefficient (Wildman–Crippen LogP) is 3.79. The Labute approximate surface area is 172 Å². The molecule has 2 aromatic rings. The zero-order valence-corrected chi connectivity index (χ0v) is 18.6. The highest BCUT2D eigenvalue weighted by Crippen LogP contribution is 2.09. The minimum atomic E-state index is 0. The van der Waals surface area contributed by atoms with Crippen molar-refractivity contribution in [1.29, 1.82) is 0 Å². The van der Waals surface area contributed by atoms with Crippen LogP contribution in [-0.4, -0.2) is 47.1 Å². The first-order valence-electron chi connectivity index (χ1n) is 8.70. The number of aliphatic imine (C=N–C) groups is 1. The molecule has 0 saturated carbocycles. The second-order valence-electron chi connectivity index (χ2n) is 5.86. The molecule has 0 amide bonds. The van der Waals surface area contributed by atoms with E-state index in [9.17, 15) is 0 Å². The molecule has 7 heteroatoms. The number of thiophene rings is 1. The van der Waals surface area contributed by atoms with Crippen molar-refractivity contribution in [1.82, 2.24) is 19.8 Å². The number of aromatic nitrogens is 2. The van der Waals surface area contributed by atoms with E-state index in [0.717, 1.165) is 57.2 Å². The van der Waals surface area contributed by atoms with Crippen molar-refractivity contribution in [3.8, 4) is 0 Å². The Hall–Kier alpha value is -1.09. The van der Waals surface area contributed by atoms with Gasteiger partial charge in [-0.25, -0.2) is 4.98 Å². The summed E-state index contributed by atoms with van der Waals surface area (Å²) >= 11 is 1.82. The third-order valence-corrected chi connectivity index (χ3v) is 4.90. The second kappa shape index (κ2) is 12.3. The number of aryl methyl sites for hydroxylation is 2. The summed E-state index contributed by atoms with van der Waals surface area (Å²) in [5, 5.41) is 5.53. The number of hydrogen-bond donors (Lipinski definition) is 1. The van der Waals surface area contributed by atoms with Crippen LogP contribution in [0.2, 0.25) is 0 Å². The maximum Gasteiger partial charge on any atom is 0.193 e. The van der Waals surface area contributed by atoms with Crippen molar-refractivity contribution in [3.05, 3.63) is 40.6 Å². The molecule has 0 bridgehead atoms. The molecule has 0 aliphatic rings. The molecule has 2 aromatic heterocycles. The normalized spacial score (nSPS) is 11.2. The third kappa shape index (κ3) is 7.77. The van der Waals surface area contributed by atoms with Gasteiger partial charge >= 0.3 is 0 Å². The van der Waals surface area contributed by atoms with Crippen LogP contribution >= 0.6 is 35.3 Å². The van der Waals surface area contributed by atoms with Crippen molar-refractivity contribution in [2.45, 2.75) is 39.7 Å². The van der Waals surface area contributed by atoms with Gasteiger partial charge in [0.1, 0.15) is 5.82 Å². The lowest BCUT2D eigenvalue weighted by Gasteiger charge is -2.21. The van der Waals surface area contributed by atoms with Gasteiger partial charge in [-0.1, -0.05) is 6.07 Å². The summed E-state index contributed by atoms with van der Waals surface area (Å²) in [6.45, 7) is 7.93. The molecule has 2 rings (SSSR count). The van der Waals surface area contributed by atoms with Gasteiger partial charge < -0.3 is 14.8 Å². The summed E-state index contributed by atoms with van der Waals surface area (Å²) in [4.78, 5) is 12.7. The average molecular weight is 475 g/mol. The number of hydrogen-bond acceptors (Lipinski definition) is 3. The zero-order chi connectivity index (χ0) is 17.2. The molecule has 140 valence electrons. The van der Waals surface area contributed by atoms with E-state index in [0.29, 0.717) is 0 Å². The van der Waals surface area contributed by atoms with E-state index < -0.39 is 0 Å². The molecule has 0 spiro atoms. The summed E-state index contributed by atoms with van der Waals surface area (Å²) in [6.07, 6.45) is 7.18. The molecule has 0 aromatic carbocycles. The first-order valence-corrected chi connectivity index (χ1v) is 9.58. The maximum absolute atomic E-state index is 4.76. The number of imidazole rings is 1. The molecule has 0 radical (unpaired) electrons. The van der Waals surface area contributed by atoms with Crippen molar-refractivity contribution < 1.29 is 0 Å². The van der Waals surface area contributed by atoms with Crippen LogP contribution in [0.5, 0.6) is 0 Å². The van der Waals surface area contributed by atoms with E-state index in [-0.39, 0.29) is 24.0 Å². The van der Waals surface area contributed by atoms with Crippen LogP contribution in [0.1, 0.15) is 30.5 Å². The lowest BCUT2D eigenvalue weighted by molar-refractivity contribution is 0.485. The third-order valence-electron chi connectivity index (χ3n) is 3.96. The quantitative estimate of drug-likeness (QED) is 0.260. The molecule has 0 aliphatic heterocycles. The van der Waals surface area contributed by atoms with Gasteiger partial charge in [-0.05, 0) is 44.6 Å². The molecule has 1 N–H and O–H groups in total. The summed E-state index contributed by atoms with van der Waals surface area (Å²) in [5.41, 5.74) is 0. The number of nitrogens with zero attached hydrogens (tertiary/aromatic N) is 4. The highest BCUT2D eigenvalue weighted by molar-refractivity contribution is 14.0. The largest absolute Gasteiger partial charge is 0.357 e. The Morgan fingerprint density at radius 3 is 2.88 bits per heavy atom. The minimum absolute atomic E-state index is 0. The summed E-state index contributed by atoms with van der Waals surface area (Å²) < 4.78 is 2.20. The van der Waals surface area contributed by atoms with Crippen LogP contribution in [-0.2, 0) is 13.0 Å². The molecule has 5 nitrogen and oxygen atoms in total. The average Bonchev–Trinajstić information content (AvgIpc) is 3.23. The van der Waals surface area contributed by atoms with Crippen LogP contribution in [0, 0.1) is 6.92 Å². The first-order chi connectivity index (χ1) is 11.7. The maximum atomic E-state index is 4.76. The lowest BCUT2D eigenvalue weighted by atomic mass is 10.3. The van der Waals surface area contributed by atoms with Gasteiger partial charge in [0.25, 0.3) is 0 Å². The van der Waals surface area contributed by atoms with Crippen LogP contribution in [0.25, 0.3) is 0 Å². The number of guanidine groups is 1. The molecular formula is C18H30IN5S. The van der Waals surface area contributed by atoms with Gasteiger partial charge in [0.2, 0.25) is 0 Å². The molecular weight excluding hydrogens is 445 g/mol. The van der Waals surface area contributed by atoms with Crippen molar-refractivity contribution in [3.63, 3.8) is 0 Å². The summed E-state index contributed by atoms with van der Waals surface area (Å²) in [6, 6.07) is 4.31. The van der Waals surface area contributed by atoms with E-state index in [2.05, 4.69) is 51.3 Å². The van der Waals surface area contributed by atoms with Gasteiger partial charge in [0.15, 0.2) is 5.96 Å². The number of halogens is 1. The fraction of sp³-hybridized carbons (Fsp3) is 0.556. The molecule has 25 heavy (non-hydrogen) atoms. The van der Waals surface area contributed by atoms with Crippen LogP contribution < -0.4 is 5.32 Å². The molecule has 2 heterocycles. The highest BCUT2D eigenvalue weighted by Gasteiger charge is 2.06. The van der Waals surface area contributed by atoms with Crippen molar-refractivity contribution >= 4 is 41.3 Å². The molecule has 0 atom stereocenters. The Morgan fingerprint density at radius 2 is 2.24 bits per heavy atom. The van der Waals surface area contributed by atoms with Gasteiger partial charge in [-0.2, -0.15) is 0 Å². The Bertz CT molecular complexity index is 609. The second-order valence-corrected chi connectivity index (χ2v) is 6.89. The first kappa shape index (κ1) is 22.0. The van der Waals surface area contributed by atoms with E-state index in [1.54, 1.807) is 0 Å². The topological polar surface area (TPSA) is 45.5 Å². The van der Waals surface area contributed by atoms with Gasteiger partial charge in [-0.3, -0.25) is 4.99 Å². The van der Waals surface area contributed by atoms with E-state index in [4.69, 9.17) is 4.99 Å². The number of likely N-dealkylation sites (N-methyl/N-ethyl adjacent to an activating group) is 1. The highest BCUT2D eigenvalue weighted by atomic mass is 127. The SMILES string of the molecule is CCNC(=NCCCCn1ccnc1C)N(C)CCc1cccs1.I. The van der Waals surface area contributed by atoms with Crippen LogP contribution in [0.4, 0.5) is 0 Å². The van der Waals surface area contributed by atoms with Gasteiger partial charge in [0, 0.05) is 50.5 Å². The fourth-order valence-electron chi connectivity index (χ4n) is 2.53. The van der Waals surface area contributed by atoms with Crippen molar-refractivity contribution in [2.24, 2.45) is 4.99 Å². The minimum Gasteiger partial charge on any atom is -0.357 e. The lowest BCUT2D eigenvalue weighted by Crippen LogP contribution is -2.40. The molecule has 0 fully saturated rings. The summed E-state index contributed by atoms with van der Waals surface area (Å²) in [7, 11) is 2.12. The summed E-state index contributed by atoms with van der Waals surface area (Å²) in [5.74, 6) is 2.09. The fourth-order valence-corrected chi connectivity index (χ4v) is 3.23. The monoisotopic (exact) mass is 475 g/mol. The standard InChI is InChI=1S/C18H29N5S.HI/c1-4-19-18(22(3)13-9-17-8-7-15-24-17)21-10-5-6-12-23-14-11-20-16(23)2;/h7-8,11,14-15H,4-6,9-10,12-13H2,1-3H3,(H,19,21);1H. The number of rotatable bonds is 9. The van der Waals surface area contributed by atoms with Crippen molar-refractivity contribution in [2.75, 3.05) is 26.7 Å². The molecule has 0 saturated heterocycles. The Kier molecular flexibility index (Phi) is 10.8. The van der Waals surface area contributed by atoms with Crippen LogP contribution in [0.15, 0.2) is 34.9 Å². The Balaban J connectivity index is 0.00000312. The van der Waals surface area contributed by atoms with Gasteiger partial charge in [-0.15, -0.1) is 35.3 Å². The number of unbranched alkanes of at least 4 members (excludes halogenated alkanes) is 1. The molecule has 0 aliphatic carbocycles.